The minimum absolute atomic E-state index is 0.324. The fourth-order valence-electron chi connectivity index (χ4n) is 2.65. The van der Waals surface area contributed by atoms with Crippen LogP contribution in [0.2, 0.25) is 0 Å². The summed E-state index contributed by atoms with van der Waals surface area (Å²) in [6.45, 7) is 3.76. The van der Waals surface area contributed by atoms with Gasteiger partial charge in [-0.3, -0.25) is 4.90 Å². The lowest BCUT2D eigenvalue weighted by molar-refractivity contribution is -0.0740. The second-order valence-electron chi connectivity index (χ2n) is 5.25. The second-order valence-corrected chi connectivity index (χ2v) is 5.25. The van der Waals surface area contributed by atoms with E-state index in [0.29, 0.717) is 12.3 Å². The number of carbonyl (C=O) groups is 1. The number of ether oxygens (including phenoxy) is 2. The van der Waals surface area contributed by atoms with Crippen molar-refractivity contribution in [1.82, 2.24) is 4.90 Å². The van der Waals surface area contributed by atoms with Crippen molar-refractivity contribution in [1.29, 1.82) is 0 Å². The van der Waals surface area contributed by atoms with Crippen LogP contribution < -0.4 is 0 Å². The van der Waals surface area contributed by atoms with Gasteiger partial charge in [-0.05, 0) is 11.6 Å². The van der Waals surface area contributed by atoms with Crippen LogP contribution in [-0.2, 0) is 20.7 Å². The van der Waals surface area contributed by atoms with Crippen molar-refractivity contribution >= 4 is 12.0 Å². The van der Waals surface area contributed by atoms with Crippen LogP contribution in [0.15, 0.2) is 60.4 Å². The fourth-order valence-corrected chi connectivity index (χ4v) is 2.65. The summed E-state index contributed by atoms with van der Waals surface area (Å²) >= 11 is 0. The van der Waals surface area contributed by atoms with E-state index in [0.717, 1.165) is 5.56 Å². The van der Waals surface area contributed by atoms with Crippen LogP contribution in [0.3, 0.4) is 0 Å². The number of amides is 1. The maximum atomic E-state index is 11.8. The van der Waals surface area contributed by atoms with Gasteiger partial charge in [-0.1, -0.05) is 41.6 Å². The Morgan fingerprint density at radius 3 is 2.91 bits per heavy atom. The Bertz CT molecular complexity index is 641. The summed E-state index contributed by atoms with van der Waals surface area (Å²) in [5.74, 6) is 0.511. The van der Waals surface area contributed by atoms with Crippen LogP contribution in [0.1, 0.15) is 5.56 Å². The minimum Gasteiger partial charge on any atom is -0.467 e. The third-order valence-corrected chi connectivity index (χ3v) is 3.79. The molecule has 0 fully saturated rings. The average Bonchev–Trinajstić information content (AvgIpc) is 2.60. The molecule has 2 aliphatic rings. The standard InChI is InChI=1S/C17H18N2O4/c1-3-13-16-14(9-10-19(13)17(20)21-2)22-15(18-23-16)11-12-7-5-4-6-8-12/h3-10,13-14,16H,1,11H2,2H3/t13-,14+,16-/m0/s1. The lowest BCUT2D eigenvalue weighted by Crippen LogP contribution is -2.53. The Morgan fingerprint density at radius 1 is 1.43 bits per heavy atom. The number of nitrogens with zero attached hydrogens (tertiary/aromatic N) is 2. The van der Waals surface area contributed by atoms with E-state index in [9.17, 15) is 4.79 Å². The topological polar surface area (TPSA) is 60.4 Å². The smallest absolute Gasteiger partial charge is 0.414 e. The molecule has 0 bridgehead atoms. The highest BCUT2D eigenvalue weighted by Crippen LogP contribution is 2.26. The predicted molar refractivity (Wildman–Crippen MR) is 84.7 cm³/mol. The molecule has 3 atom stereocenters. The summed E-state index contributed by atoms with van der Waals surface area (Å²) in [6, 6.07) is 9.48. The van der Waals surface area contributed by atoms with Crippen molar-refractivity contribution < 1.29 is 19.1 Å². The number of fused-ring (bicyclic) bond motifs is 1. The van der Waals surface area contributed by atoms with Crippen LogP contribution in [0.25, 0.3) is 0 Å². The molecule has 0 N–H and O–H groups in total. The Hall–Kier alpha value is -2.76. The molecule has 0 saturated carbocycles. The lowest BCUT2D eigenvalue weighted by Gasteiger charge is -2.39. The van der Waals surface area contributed by atoms with Gasteiger partial charge in [0, 0.05) is 6.20 Å². The molecule has 2 heterocycles. The number of rotatable bonds is 3. The summed E-state index contributed by atoms with van der Waals surface area (Å²) in [7, 11) is 1.33. The van der Waals surface area contributed by atoms with Gasteiger partial charge in [-0.15, -0.1) is 6.58 Å². The average molecular weight is 314 g/mol. The van der Waals surface area contributed by atoms with Gasteiger partial charge in [-0.25, -0.2) is 4.79 Å². The Balaban J connectivity index is 1.74. The van der Waals surface area contributed by atoms with E-state index in [1.54, 1.807) is 18.4 Å². The van der Waals surface area contributed by atoms with E-state index in [4.69, 9.17) is 14.3 Å². The highest BCUT2D eigenvalue weighted by Gasteiger charge is 2.42. The van der Waals surface area contributed by atoms with Gasteiger partial charge in [0.05, 0.1) is 13.5 Å². The van der Waals surface area contributed by atoms with E-state index in [1.807, 2.05) is 30.3 Å². The van der Waals surface area contributed by atoms with E-state index in [1.165, 1.54) is 12.0 Å². The molecule has 23 heavy (non-hydrogen) atoms. The molecule has 1 amide bonds. The third-order valence-electron chi connectivity index (χ3n) is 3.79. The van der Waals surface area contributed by atoms with E-state index < -0.39 is 18.2 Å². The first kappa shape index (κ1) is 15.1. The molecule has 6 nitrogen and oxygen atoms in total. The predicted octanol–water partition coefficient (Wildman–Crippen LogP) is 2.48. The zero-order valence-corrected chi connectivity index (χ0v) is 12.8. The summed E-state index contributed by atoms with van der Waals surface area (Å²) in [4.78, 5) is 18.8. The molecule has 0 radical (unpaired) electrons. The molecular formula is C17H18N2O4. The van der Waals surface area contributed by atoms with Gasteiger partial charge in [0.1, 0.15) is 6.04 Å². The Morgan fingerprint density at radius 2 is 2.22 bits per heavy atom. The Labute approximate surface area is 134 Å². The maximum absolute atomic E-state index is 11.8. The zero-order valence-electron chi connectivity index (χ0n) is 12.8. The molecular weight excluding hydrogens is 296 g/mol. The minimum atomic E-state index is -0.479. The molecule has 0 spiro atoms. The maximum Gasteiger partial charge on any atom is 0.414 e. The van der Waals surface area contributed by atoms with Gasteiger partial charge < -0.3 is 14.3 Å². The van der Waals surface area contributed by atoms with Crippen LogP contribution >= 0.6 is 0 Å². The summed E-state index contributed by atoms with van der Waals surface area (Å²) in [5.41, 5.74) is 1.09. The van der Waals surface area contributed by atoms with Crippen molar-refractivity contribution in [2.75, 3.05) is 7.11 Å². The van der Waals surface area contributed by atoms with Crippen molar-refractivity contribution in [2.45, 2.75) is 24.7 Å². The number of benzene rings is 1. The summed E-state index contributed by atoms with van der Waals surface area (Å²) in [5, 5.41) is 4.06. The van der Waals surface area contributed by atoms with Gasteiger partial charge in [0.25, 0.3) is 0 Å². The molecule has 0 aromatic heterocycles. The van der Waals surface area contributed by atoms with Crippen LogP contribution in [0, 0.1) is 0 Å². The molecule has 0 saturated heterocycles. The lowest BCUT2D eigenvalue weighted by atomic mass is 10.00. The third kappa shape index (κ3) is 3.06. The number of methoxy groups -OCH3 is 1. The van der Waals surface area contributed by atoms with Crippen molar-refractivity contribution in [3.63, 3.8) is 0 Å². The molecule has 1 aromatic carbocycles. The first-order valence-electron chi connectivity index (χ1n) is 7.33. The number of hydrogen-bond acceptors (Lipinski definition) is 5. The molecule has 6 heteroatoms. The van der Waals surface area contributed by atoms with Crippen molar-refractivity contribution in [2.24, 2.45) is 5.16 Å². The highest BCUT2D eigenvalue weighted by atomic mass is 16.7. The van der Waals surface area contributed by atoms with Crippen LogP contribution in [-0.4, -0.2) is 42.3 Å². The normalized spacial score (nSPS) is 25.5. The van der Waals surface area contributed by atoms with Gasteiger partial charge >= 0.3 is 6.09 Å². The molecule has 3 rings (SSSR count). The summed E-state index contributed by atoms with van der Waals surface area (Å²) < 4.78 is 10.7. The quantitative estimate of drug-likeness (QED) is 0.804. The SMILES string of the molecule is C=C[C@H]1[C@@H]2ON=C(Cc3ccccc3)O[C@@H]2C=CN1C(=O)OC. The molecule has 0 unspecified atom stereocenters. The fraction of sp³-hybridized carbons (Fsp3) is 0.294. The monoisotopic (exact) mass is 314 g/mol. The van der Waals surface area contributed by atoms with Gasteiger partial charge in [-0.2, -0.15) is 0 Å². The molecule has 120 valence electrons. The van der Waals surface area contributed by atoms with Crippen molar-refractivity contribution in [3.8, 4) is 0 Å². The van der Waals surface area contributed by atoms with E-state index in [2.05, 4.69) is 11.7 Å². The summed E-state index contributed by atoms with van der Waals surface area (Å²) in [6.07, 6.45) is 4.32. The van der Waals surface area contributed by atoms with Crippen LogP contribution in [0.5, 0.6) is 0 Å². The zero-order chi connectivity index (χ0) is 16.2. The first-order valence-corrected chi connectivity index (χ1v) is 7.33. The largest absolute Gasteiger partial charge is 0.467 e. The van der Waals surface area contributed by atoms with Gasteiger partial charge in [0.2, 0.25) is 5.90 Å². The molecule has 1 aromatic rings. The first-order chi connectivity index (χ1) is 11.2. The number of carbonyl (C=O) groups excluding carboxylic acids is 1. The van der Waals surface area contributed by atoms with Gasteiger partial charge in [0.15, 0.2) is 12.2 Å². The van der Waals surface area contributed by atoms with Crippen molar-refractivity contribution in [3.05, 3.63) is 60.8 Å². The number of oxime groups is 1. The Kier molecular flexibility index (Phi) is 4.32. The van der Waals surface area contributed by atoms with Crippen LogP contribution in [0.4, 0.5) is 4.79 Å². The molecule has 2 aliphatic heterocycles. The van der Waals surface area contributed by atoms with E-state index >= 15 is 0 Å². The molecule has 0 aliphatic carbocycles. The van der Waals surface area contributed by atoms with E-state index in [-0.39, 0.29) is 6.10 Å². The number of hydrogen-bond donors (Lipinski definition) is 0. The highest BCUT2D eigenvalue weighted by molar-refractivity contribution is 5.79. The second kappa shape index (κ2) is 6.56.